The van der Waals surface area contributed by atoms with E-state index >= 15 is 0 Å². The van der Waals surface area contributed by atoms with Crippen molar-refractivity contribution in [1.82, 2.24) is 46.3 Å². The Bertz CT molecular complexity index is 2580. The van der Waals surface area contributed by atoms with Crippen LogP contribution in [0.15, 0.2) is 54.7 Å². The van der Waals surface area contributed by atoms with Gasteiger partial charge in [-0.1, -0.05) is 44.2 Å². The number of phenols is 1. The summed E-state index contributed by atoms with van der Waals surface area (Å²) in [7, 11) is 1.33. The quantitative estimate of drug-likeness (QED) is 0.0367. The number of nitrogens with two attached hydrogens (primary N) is 4. The number of amides is 10. The van der Waals surface area contributed by atoms with Gasteiger partial charge in [-0.15, -0.1) is 0 Å². The van der Waals surface area contributed by atoms with E-state index in [4.69, 9.17) is 22.9 Å². The Balaban J connectivity index is 1.23. The zero-order valence-electron chi connectivity index (χ0n) is 43.4. The number of hydrogen-bond donors (Lipinski definition) is 11. The molecule has 2 aromatic carbocycles. The molecule has 0 radical (unpaired) electrons. The molecule has 0 bridgehead atoms. The summed E-state index contributed by atoms with van der Waals surface area (Å²) in [6.45, 7) is 5.21. The molecular formula is C51H73N13O11S. The minimum atomic E-state index is -1.58. The molecular weight excluding hydrogens is 1000 g/mol. The van der Waals surface area contributed by atoms with Crippen molar-refractivity contribution in [1.29, 1.82) is 0 Å². The number of H-pyrrole nitrogens is 1. The molecule has 0 saturated carbocycles. The van der Waals surface area contributed by atoms with Crippen molar-refractivity contribution >= 4 is 81.7 Å². The van der Waals surface area contributed by atoms with Crippen LogP contribution in [0.4, 0.5) is 0 Å². The highest BCUT2D eigenvalue weighted by Gasteiger charge is 2.42. The van der Waals surface area contributed by atoms with Crippen LogP contribution in [-0.2, 0) is 60.8 Å². The predicted octanol–water partition coefficient (Wildman–Crippen LogP) is -2.03. The van der Waals surface area contributed by atoms with E-state index in [1.54, 1.807) is 18.3 Å². The number of thioether (sulfide) groups is 1. The fraction of sp³-hybridized carbons (Fsp3) is 0.529. The first-order valence-corrected chi connectivity index (χ1v) is 26.6. The van der Waals surface area contributed by atoms with Crippen LogP contribution in [0.3, 0.4) is 0 Å². The van der Waals surface area contributed by atoms with E-state index in [0.29, 0.717) is 30.7 Å². The number of carbonyl (C=O) groups excluding carboxylic acids is 10. The Morgan fingerprint density at radius 3 is 1.91 bits per heavy atom. The molecule has 2 aliphatic heterocycles. The number of aromatic nitrogens is 1. The Hall–Kier alpha value is -7.25. The van der Waals surface area contributed by atoms with E-state index in [1.807, 2.05) is 38.1 Å². The first kappa shape index (κ1) is 59.6. The lowest BCUT2D eigenvalue weighted by atomic mass is 10.0. The SMILES string of the molecule is CC(C)CC(NC(=O)[C@H](CN)NC(=O)[C@@H]1CCCN1C(=O)[C@H](CC(N)=O)NC(=O)[C@H](C)N(C)C(=O)C(Cc1ccc(O)cc1)NC(=O)CSCCN)C(=O)N1CCC[C@H]1C(=O)N[C@@H](Cc1c[nH]c2ccccc12)C(N)=O. The molecule has 15 N–H and O–H groups in total. The molecule has 10 amide bonds. The lowest BCUT2D eigenvalue weighted by Crippen LogP contribution is -2.61. The maximum atomic E-state index is 14.3. The van der Waals surface area contributed by atoms with Gasteiger partial charge in [-0.05, 0) is 74.3 Å². The summed E-state index contributed by atoms with van der Waals surface area (Å²) in [6, 6.07) is 3.71. The topological polar surface area (TPSA) is 381 Å². The fourth-order valence-electron chi connectivity index (χ4n) is 9.34. The zero-order valence-corrected chi connectivity index (χ0v) is 44.2. The van der Waals surface area contributed by atoms with Crippen molar-refractivity contribution in [3.63, 3.8) is 0 Å². The smallest absolute Gasteiger partial charge is 0.246 e. The highest BCUT2D eigenvalue weighted by molar-refractivity contribution is 7.99. The molecule has 0 spiro atoms. The number of fused-ring (bicyclic) bond motifs is 1. The fourth-order valence-corrected chi connectivity index (χ4v) is 9.92. The van der Waals surface area contributed by atoms with Crippen LogP contribution in [0.1, 0.15) is 70.4 Å². The summed E-state index contributed by atoms with van der Waals surface area (Å²) in [6.07, 6.45) is 2.54. The van der Waals surface area contributed by atoms with Gasteiger partial charge in [0, 0.05) is 68.9 Å². The number of rotatable bonds is 27. The number of nitrogens with one attached hydrogen (secondary N) is 6. The summed E-state index contributed by atoms with van der Waals surface area (Å²) >= 11 is 1.27. The van der Waals surface area contributed by atoms with Gasteiger partial charge in [0.25, 0.3) is 0 Å². The van der Waals surface area contributed by atoms with Crippen LogP contribution in [0, 0.1) is 5.92 Å². The molecule has 25 heteroatoms. The van der Waals surface area contributed by atoms with Gasteiger partial charge in [-0.25, -0.2) is 0 Å². The van der Waals surface area contributed by atoms with Crippen LogP contribution >= 0.6 is 11.8 Å². The number of likely N-dealkylation sites (N-methyl/N-ethyl adjacent to an activating group) is 1. The number of phenolic OH excluding ortho intramolecular Hbond substituents is 1. The first-order valence-electron chi connectivity index (χ1n) is 25.4. The van der Waals surface area contributed by atoms with Gasteiger partial charge in [0.15, 0.2) is 0 Å². The second-order valence-corrected chi connectivity index (χ2v) is 20.7. The molecule has 76 heavy (non-hydrogen) atoms. The van der Waals surface area contributed by atoms with Crippen LogP contribution < -0.4 is 49.5 Å². The zero-order chi connectivity index (χ0) is 55.8. The van der Waals surface area contributed by atoms with E-state index < -0.39 is 120 Å². The number of hydrogen-bond acceptors (Lipinski definition) is 14. The number of benzene rings is 2. The largest absolute Gasteiger partial charge is 0.508 e. The number of carbonyl (C=O) groups is 10. The monoisotopic (exact) mass is 1080 g/mol. The molecule has 3 aromatic rings. The maximum Gasteiger partial charge on any atom is 0.246 e. The molecule has 2 fully saturated rings. The molecule has 5 rings (SSSR count). The average Bonchev–Trinajstić information content (AvgIpc) is 4.18. The third-order valence-corrected chi connectivity index (χ3v) is 14.4. The summed E-state index contributed by atoms with van der Waals surface area (Å²) in [5.41, 5.74) is 25.1. The molecule has 24 nitrogen and oxygen atoms in total. The minimum Gasteiger partial charge on any atom is -0.508 e. The molecule has 3 heterocycles. The van der Waals surface area contributed by atoms with Crippen LogP contribution in [0.2, 0.25) is 0 Å². The van der Waals surface area contributed by atoms with Crippen molar-refractivity contribution < 1.29 is 53.1 Å². The molecule has 2 aliphatic rings. The van der Waals surface area contributed by atoms with Gasteiger partial charge >= 0.3 is 0 Å². The van der Waals surface area contributed by atoms with Crippen LogP contribution in [0.25, 0.3) is 10.9 Å². The van der Waals surface area contributed by atoms with Crippen molar-refractivity contribution in [2.45, 2.75) is 120 Å². The van der Waals surface area contributed by atoms with Gasteiger partial charge < -0.3 is 74.3 Å². The number of para-hydroxylation sites is 1. The van der Waals surface area contributed by atoms with E-state index in [9.17, 15) is 53.1 Å². The Kier molecular flexibility index (Phi) is 22.0. The summed E-state index contributed by atoms with van der Waals surface area (Å²) in [4.78, 5) is 143. The van der Waals surface area contributed by atoms with Gasteiger partial charge in [-0.2, -0.15) is 11.8 Å². The van der Waals surface area contributed by atoms with Crippen LogP contribution in [0.5, 0.6) is 5.75 Å². The lowest BCUT2D eigenvalue weighted by molar-refractivity contribution is -0.145. The van der Waals surface area contributed by atoms with E-state index in [-0.39, 0.29) is 62.6 Å². The third kappa shape index (κ3) is 16.1. The molecule has 8 atom stereocenters. The standard InChI is InChI=1S/C51H73N13O11S/c1-28(2)21-36(50(74)63-18-7-11-40(63)47(71)58-35(44(55)68)23-31-26-56-34-10-6-5-9-33(31)34)60-46(70)39(25-53)61-48(72)41-12-8-19-64(41)51(75)38(24-42(54)66)59-45(69)29(3)62(4)49(73)37(57-43(67)27-76-20-17-52)22-30-13-15-32(65)16-14-30/h5-6,9-10,13-16,26,28-29,35-41,56,65H,7-8,11-12,17-25,27,52-53H2,1-4H3,(H2,54,66)(H2,55,68)(H,57,67)(H,58,71)(H,59,69)(H,60,70)(H,61,72)/t29-,35-,36?,37?,38-,39-,40-,41-/m0/s1. The van der Waals surface area contributed by atoms with Crippen molar-refractivity contribution in [2.75, 3.05) is 44.7 Å². The molecule has 2 unspecified atom stereocenters. The van der Waals surface area contributed by atoms with E-state index in [2.05, 4.69) is 31.6 Å². The van der Waals surface area contributed by atoms with Crippen molar-refractivity contribution in [3.8, 4) is 5.75 Å². The number of primary amides is 2. The molecule has 0 aliphatic carbocycles. The van der Waals surface area contributed by atoms with Gasteiger partial charge in [0.1, 0.15) is 54.1 Å². The van der Waals surface area contributed by atoms with Crippen molar-refractivity contribution in [2.24, 2.45) is 28.9 Å². The summed E-state index contributed by atoms with van der Waals surface area (Å²) in [5, 5.41) is 23.9. The number of aromatic hydroxyl groups is 1. The maximum absolute atomic E-state index is 14.3. The molecule has 1 aromatic heterocycles. The molecule has 2 saturated heterocycles. The number of likely N-dealkylation sites (tertiary alicyclic amines) is 2. The Morgan fingerprint density at radius 1 is 0.737 bits per heavy atom. The summed E-state index contributed by atoms with van der Waals surface area (Å²) in [5.74, 6) is -6.83. The Labute approximate surface area is 445 Å². The second kappa shape index (κ2) is 28.0. The normalized spacial score (nSPS) is 17.7. The first-order chi connectivity index (χ1) is 36.1. The number of nitrogens with zero attached hydrogens (tertiary/aromatic N) is 3. The molecule has 414 valence electrons. The van der Waals surface area contributed by atoms with Gasteiger partial charge in [0.2, 0.25) is 59.1 Å². The highest BCUT2D eigenvalue weighted by atomic mass is 32.2. The highest BCUT2D eigenvalue weighted by Crippen LogP contribution is 2.24. The van der Waals surface area contributed by atoms with Crippen molar-refractivity contribution in [3.05, 3.63) is 65.9 Å². The minimum absolute atomic E-state index is 0.00416. The Morgan fingerprint density at radius 2 is 1.33 bits per heavy atom. The van der Waals surface area contributed by atoms with Crippen LogP contribution in [-0.4, -0.2) is 177 Å². The number of aromatic amines is 1. The van der Waals surface area contributed by atoms with Gasteiger partial charge in [0.05, 0.1) is 12.2 Å². The average molecular weight is 1080 g/mol. The van der Waals surface area contributed by atoms with E-state index in [1.165, 1.54) is 42.8 Å². The summed E-state index contributed by atoms with van der Waals surface area (Å²) < 4.78 is 0. The second-order valence-electron chi connectivity index (χ2n) is 19.6. The van der Waals surface area contributed by atoms with Gasteiger partial charge in [-0.3, -0.25) is 47.9 Å². The lowest BCUT2D eigenvalue weighted by Gasteiger charge is -2.32. The predicted molar refractivity (Wildman–Crippen MR) is 283 cm³/mol. The van der Waals surface area contributed by atoms with E-state index in [0.717, 1.165) is 26.3 Å². The third-order valence-electron chi connectivity index (χ3n) is 13.5.